The molecule has 2 aliphatic rings. The predicted molar refractivity (Wildman–Crippen MR) is 59.1 cm³/mol. The van der Waals surface area contributed by atoms with Crippen LogP contribution in [0.5, 0.6) is 0 Å². The van der Waals surface area contributed by atoms with Gasteiger partial charge in [0.15, 0.2) is 9.84 Å². The van der Waals surface area contributed by atoms with E-state index in [1.54, 1.807) is 0 Å². The summed E-state index contributed by atoms with van der Waals surface area (Å²) in [6, 6.07) is -0.772. The maximum absolute atomic E-state index is 12.0. The molecule has 2 atom stereocenters. The Balaban J connectivity index is 2.08. The van der Waals surface area contributed by atoms with Gasteiger partial charge in [-0.25, -0.2) is 13.2 Å². The standard InChI is InChI=1S/C10H15NO5S/c12-9(7-3-5-17(15,16)6-7)11-4-1-2-8(11)10(13)14/h7-8H,1-6H2,(H,13,14)/t7?,8-/m1/s1. The summed E-state index contributed by atoms with van der Waals surface area (Å²) in [5.74, 6) is -1.95. The fraction of sp³-hybridized carbons (Fsp3) is 0.800. The molecule has 2 fully saturated rings. The molecule has 2 aliphatic heterocycles. The summed E-state index contributed by atoms with van der Waals surface area (Å²) < 4.78 is 22.6. The number of nitrogens with zero attached hydrogens (tertiary/aromatic N) is 1. The maximum atomic E-state index is 12.0. The van der Waals surface area contributed by atoms with Crippen LogP contribution in [0.15, 0.2) is 0 Å². The molecule has 2 rings (SSSR count). The van der Waals surface area contributed by atoms with Crippen molar-refractivity contribution in [3.8, 4) is 0 Å². The first-order chi connectivity index (χ1) is 7.91. The molecule has 0 spiro atoms. The zero-order chi connectivity index (χ0) is 12.6. The third kappa shape index (κ3) is 2.43. The number of carbonyl (C=O) groups is 2. The average molecular weight is 261 g/mol. The minimum atomic E-state index is -3.10. The number of hydrogen-bond donors (Lipinski definition) is 1. The highest BCUT2D eigenvalue weighted by Crippen LogP contribution is 2.25. The van der Waals surface area contributed by atoms with Crippen molar-refractivity contribution >= 4 is 21.7 Å². The Bertz CT molecular complexity index is 444. The van der Waals surface area contributed by atoms with E-state index in [0.717, 1.165) is 0 Å². The molecule has 0 aliphatic carbocycles. The van der Waals surface area contributed by atoms with E-state index >= 15 is 0 Å². The van der Waals surface area contributed by atoms with E-state index in [1.807, 2.05) is 0 Å². The summed E-state index contributed by atoms with van der Waals surface area (Å²) in [7, 11) is -3.10. The van der Waals surface area contributed by atoms with Crippen LogP contribution in [-0.4, -0.2) is 54.4 Å². The first-order valence-corrected chi connectivity index (χ1v) is 7.46. The molecule has 1 unspecified atom stereocenters. The van der Waals surface area contributed by atoms with Crippen LogP contribution in [0.4, 0.5) is 0 Å². The van der Waals surface area contributed by atoms with E-state index in [0.29, 0.717) is 25.8 Å². The Kier molecular flexibility index (Phi) is 3.11. The van der Waals surface area contributed by atoms with Gasteiger partial charge in [-0.3, -0.25) is 4.79 Å². The second-order valence-corrected chi connectivity index (χ2v) is 6.86. The Labute approximate surface area is 99.5 Å². The van der Waals surface area contributed by atoms with Crippen molar-refractivity contribution in [1.82, 2.24) is 4.90 Å². The molecule has 0 aromatic heterocycles. The van der Waals surface area contributed by atoms with Gasteiger partial charge in [0.1, 0.15) is 6.04 Å². The van der Waals surface area contributed by atoms with E-state index in [4.69, 9.17) is 5.11 Å². The lowest BCUT2D eigenvalue weighted by Gasteiger charge is -2.24. The van der Waals surface area contributed by atoms with E-state index in [2.05, 4.69) is 0 Å². The van der Waals surface area contributed by atoms with Crippen molar-refractivity contribution in [1.29, 1.82) is 0 Å². The average Bonchev–Trinajstić information content (AvgIpc) is 2.82. The summed E-state index contributed by atoms with van der Waals surface area (Å²) in [5, 5.41) is 8.97. The predicted octanol–water partition coefficient (Wildman–Crippen LogP) is -0.503. The van der Waals surface area contributed by atoms with Crippen LogP contribution in [-0.2, 0) is 19.4 Å². The zero-order valence-electron chi connectivity index (χ0n) is 9.33. The summed E-state index contributed by atoms with van der Waals surface area (Å²) in [5.41, 5.74) is 0. The molecule has 1 N–H and O–H groups in total. The largest absolute Gasteiger partial charge is 0.480 e. The lowest BCUT2D eigenvalue weighted by molar-refractivity contribution is -0.149. The van der Waals surface area contributed by atoms with Gasteiger partial charge < -0.3 is 10.0 Å². The van der Waals surface area contributed by atoms with Gasteiger partial charge in [0.05, 0.1) is 17.4 Å². The molecule has 0 saturated carbocycles. The van der Waals surface area contributed by atoms with Gasteiger partial charge in [0, 0.05) is 6.54 Å². The minimum absolute atomic E-state index is 0.0367. The fourth-order valence-electron chi connectivity index (χ4n) is 2.51. The van der Waals surface area contributed by atoms with Gasteiger partial charge in [-0.15, -0.1) is 0 Å². The third-order valence-corrected chi connectivity index (χ3v) is 5.17. The fourth-order valence-corrected chi connectivity index (χ4v) is 4.24. The van der Waals surface area contributed by atoms with Crippen LogP contribution < -0.4 is 0 Å². The lowest BCUT2D eigenvalue weighted by Crippen LogP contribution is -2.43. The molecule has 2 heterocycles. The SMILES string of the molecule is O=C(O)[C@H]1CCCN1C(=O)C1CCS(=O)(=O)C1. The van der Waals surface area contributed by atoms with Gasteiger partial charge >= 0.3 is 5.97 Å². The van der Waals surface area contributed by atoms with Crippen molar-refractivity contribution in [3.05, 3.63) is 0 Å². The van der Waals surface area contributed by atoms with E-state index < -0.39 is 27.8 Å². The molecule has 7 heteroatoms. The smallest absolute Gasteiger partial charge is 0.326 e. The highest BCUT2D eigenvalue weighted by molar-refractivity contribution is 7.91. The number of sulfone groups is 1. The summed E-state index contributed by atoms with van der Waals surface area (Å²) in [4.78, 5) is 24.3. The van der Waals surface area contributed by atoms with Crippen molar-refractivity contribution in [2.24, 2.45) is 5.92 Å². The van der Waals surface area contributed by atoms with Crippen LogP contribution >= 0.6 is 0 Å². The van der Waals surface area contributed by atoms with Crippen LogP contribution in [0, 0.1) is 5.92 Å². The van der Waals surface area contributed by atoms with Crippen LogP contribution in [0.3, 0.4) is 0 Å². The van der Waals surface area contributed by atoms with Gasteiger partial charge in [0.2, 0.25) is 5.91 Å². The number of rotatable bonds is 2. The van der Waals surface area contributed by atoms with Crippen molar-refractivity contribution < 1.29 is 23.1 Å². The minimum Gasteiger partial charge on any atom is -0.480 e. The zero-order valence-corrected chi connectivity index (χ0v) is 10.1. The van der Waals surface area contributed by atoms with Gasteiger partial charge in [-0.2, -0.15) is 0 Å². The molecule has 17 heavy (non-hydrogen) atoms. The number of carbonyl (C=O) groups excluding carboxylic acids is 1. The monoisotopic (exact) mass is 261 g/mol. The van der Waals surface area contributed by atoms with Crippen molar-refractivity contribution in [2.75, 3.05) is 18.1 Å². The quantitative estimate of drug-likeness (QED) is 0.723. The van der Waals surface area contributed by atoms with Crippen LogP contribution in [0.1, 0.15) is 19.3 Å². The highest BCUT2D eigenvalue weighted by atomic mass is 32.2. The molecule has 1 amide bonds. The number of carboxylic acids is 1. The molecule has 0 radical (unpaired) electrons. The summed E-state index contributed by atoms with van der Waals surface area (Å²) in [6.45, 7) is 0.423. The van der Waals surface area contributed by atoms with Crippen LogP contribution in [0.2, 0.25) is 0 Å². The van der Waals surface area contributed by atoms with Gasteiger partial charge in [0.25, 0.3) is 0 Å². The molecule has 0 aromatic carbocycles. The summed E-state index contributed by atoms with van der Waals surface area (Å²) in [6.07, 6.45) is 1.45. The molecule has 0 aromatic rings. The van der Waals surface area contributed by atoms with Crippen LogP contribution in [0.25, 0.3) is 0 Å². The number of carboxylic acid groups (broad SMARTS) is 1. The number of likely N-dealkylation sites (tertiary alicyclic amines) is 1. The maximum Gasteiger partial charge on any atom is 0.326 e. The van der Waals surface area contributed by atoms with E-state index in [9.17, 15) is 18.0 Å². The van der Waals surface area contributed by atoms with E-state index in [1.165, 1.54) is 4.90 Å². The van der Waals surface area contributed by atoms with E-state index in [-0.39, 0.29) is 17.4 Å². The Morgan fingerprint density at radius 3 is 2.47 bits per heavy atom. The van der Waals surface area contributed by atoms with Gasteiger partial charge in [-0.1, -0.05) is 0 Å². The van der Waals surface area contributed by atoms with Crippen molar-refractivity contribution in [2.45, 2.75) is 25.3 Å². The molecule has 0 bridgehead atoms. The Hall–Kier alpha value is -1.11. The molecule has 6 nitrogen and oxygen atoms in total. The molecule has 96 valence electrons. The Morgan fingerprint density at radius 1 is 1.24 bits per heavy atom. The van der Waals surface area contributed by atoms with Crippen molar-refractivity contribution in [3.63, 3.8) is 0 Å². The third-order valence-electron chi connectivity index (χ3n) is 3.40. The second kappa shape index (κ2) is 4.29. The summed E-state index contributed by atoms with van der Waals surface area (Å²) >= 11 is 0. The number of amides is 1. The first kappa shape index (κ1) is 12.3. The van der Waals surface area contributed by atoms with Gasteiger partial charge in [-0.05, 0) is 19.3 Å². The number of aliphatic carboxylic acids is 1. The first-order valence-electron chi connectivity index (χ1n) is 5.64. The lowest BCUT2D eigenvalue weighted by atomic mass is 10.1. The highest BCUT2D eigenvalue weighted by Gasteiger charge is 2.41. The topological polar surface area (TPSA) is 91.8 Å². The normalized spacial score (nSPS) is 31.6. The Morgan fingerprint density at radius 2 is 1.94 bits per heavy atom. The second-order valence-electron chi connectivity index (χ2n) is 4.63. The number of hydrogen-bond acceptors (Lipinski definition) is 4. The molecular weight excluding hydrogens is 246 g/mol. The molecular formula is C10H15NO5S. The molecule has 2 saturated heterocycles.